The summed E-state index contributed by atoms with van der Waals surface area (Å²) in [4.78, 5) is 14.3. The van der Waals surface area contributed by atoms with Crippen molar-refractivity contribution in [2.75, 3.05) is 19.6 Å². The third-order valence-corrected chi connectivity index (χ3v) is 3.76. The third kappa shape index (κ3) is 2.56. The molecule has 0 bridgehead atoms. The molecular formula is C13H22N4O. The number of hydrogen-bond acceptors (Lipinski definition) is 3. The third-order valence-electron chi connectivity index (χ3n) is 3.76. The van der Waals surface area contributed by atoms with E-state index in [1.807, 2.05) is 24.8 Å². The van der Waals surface area contributed by atoms with Gasteiger partial charge in [-0.2, -0.15) is 5.10 Å². The number of likely N-dealkylation sites (tertiary alicyclic amines) is 1. The number of aromatic amines is 1. The Morgan fingerprint density at radius 3 is 3.06 bits per heavy atom. The summed E-state index contributed by atoms with van der Waals surface area (Å²) in [6, 6.07) is 1.99. The van der Waals surface area contributed by atoms with Crippen LogP contribution in [0.1, 0.15) is 38.3 Å². The summed E-state index contributed by atoms with van der Waals surface area (Å²) in [5, 5.41) is 6.99. The summed E-state index contributed by atoms with van der Waals surface area (Å²) in [6.45, 7) is 5.82. The second-order valence-corrected chi connectivity index (χ2v) is 5.69. The standard InChI is InChI=1S/C13H22N4O/c1-13(2,9-14)12(18)17-7-3-4-10(8-17)11-5-6-15-16-11/h5-6,10H,3-4,7-9,14H2,1-2H3,(H,15,16). The van der Waals surface area contributed by atoms with Crippen molar-refractivity contribution < 1.29 is 4.79 Å². The molecule has 1 atom stereocenters. The highest BCUT2D eigenvalue weighted by Gasteiger charge is 2.33. The van der Waals surface area contributed by atoms with Crippen LogP contribution in [0.4, 0.5) is 0 Å². The number of rotatable bonds is 3. The van der Waals surface area contributed by atoms with E-state index < -0.39 is 5.41 Å². The molecule has 1 aromatic rings. The molecule has 3 N–H and O–H groups in total. The number of nitrogens with two attached hydrogens (primary N) is 1. The van der Waals surface area contributed by atoms with Crippen LogP contribution in [0.2, 0.25) is 0 Å². The van der Waals surface area contributed by atoms with Gasteiger partial charge in [0.2, 0.25) is 5.91 Å². The molecule has 5 heteroatoms. The van der Waals surface area contributed by atoms with Crippen LogP contribution in [-0.4, -0.2) is 40.6 Å². The molecule has 2 heterocycles. The quantitative estimate of drug-likeness (QED) is 0.843. The minimum Gasteiger partial charge on any atom is -0.342 e. The van der Waals surface area contributed by atoms with Crippen molar-refractivity contribution in [3.05, 3.63) is 18.0 Å². The lowest BCUT2D eigenvalue weighted by atomic mass is 9.88. The van der Waals surface area contributed by atoms with Crippen LogP contribution < -0.4 is 5.73 Å². The predicted molar refractivity (Wildman–Crippen MR) is 70.0 cm³/mol. The maximum atomic E-state index is 12.4. The average molecular weight is 250 g/mol. The van der Waals surface area contributed by atoms with Crippen molar-refractivity contribution in [3.8, 4) is 0 Å². The second kappa shape index (κ2) is 5.10. The average Bonchev–Trinajstić information content (AvgIpc) is 2.92. The Balaban J connectivity index is 2.05. The Kier molecular flexibility index (Phi) is 3.71. The first-order chi connectivity index (χ1) is 8.54. The highest BCUT2D eigenvalue weighted by molar-refractivity contribution is 5.82. The molecule has 100 valence electrons. The number of H-pyrrole nitrogens is 1. The molecule has 0 aliphatic carbocycles. The Hall–Kier alpha value is -1.36. The molecular weight excluding hydrogens is 228 g/mol. The van der Waals surface area contributed by atoms with Crippen molar-refractivity contribution in [1.82, 2.24) is 15.1 Å². The summed E-state index contributed by atoms with van der Waals surface area (Å²) < 4.78 is 0. The van der Waals surface area contributed by atoms with Crippen LogP contribution in [-0.2, 0) is 4.79 Å². The van der Waals surface area contributed by atoms with Gasteiger partial charge in [0, 0.05) is 37.4 Å². The number of nitrogens with one attached hydrogen (secondary N) is 1. The smallest absolute Gasteiger partial charge is 0.229 e. The molecule has 1 aromatic heterocycles. The van der Waals surface area contributed by atoms with E-state index >= 15 is 0 Å². The van der Waals surface area contributed by atoms with E-state index in [-0.39, 0.29) is 5.91 Å². The van der Waals surface area contributed by atoms with E-state index in [4.69, 9.17) is 5.73 Å². The van der Waals surface area contributed by atoms with E-state index in [2.05, 4.69) is 10.2 Å². The zero-order valence-electron chi connectivity index (χ0n) is 11.1. The lowest BCUT2D eigenvalue weighted by Crippen LogP contribution is -2.48. The van der Waals surface area contributed by atoms with Gasteiger partial charge in [-0.15, -0.1) is 0 Å². The number of carbonyl (C=O) groups is 1. The van der Waals surface area contributed by atoms with Gasteiger partial charge in [-0.3, -0.25) is 9.89 Å². The fraction of sp³-hybridized carbons (Fsp3) is 0.692. The van der Waals surface area contributed by atoms with E-state index in [1.165, 1.54) is 0 Å². The maximum Gasteiger partial charge on any atom is 0.229 e. The minimum atomic E-state index is -0.462. The van der Waals surface area contributed by atoms with Gasteiger partial charge in [0.15, 0.2) is 0 Å². The van der Waals surface area contributed by atoms with Crippen LogP contribution in [0, 0.1) is 5.41 Å². The molecule has 2 rings (SSSR count). The largest absolute Gasteiger partial charge is 0.342 e. The summed E-state index contributed by atoms with van der Waals surface area (Å²) in [5.41, 5.74) is 6.34. The Morgan fingerprint density at radius 1 is 1.67 bits per heavy atom. The number of nitrogens with zero attached hydrogens (tertiary/aromatic N) is 2. The van der Waals surface area contributed by atoms with Crippen LogP contribution in [0.3, 0.4) is 0 Å². The second-order valence-electron chi connectivity index (χ2n) is 5.69. The molecule has 0 spiro atoms. The van der Waals surface area contributed by atoms with Gasteiger partial charge in [0.25, 0.3) is 0 Å². The normalized spacial score (nSPS) is 21.1. The van der Waals surface area contributed by atoms with Gasteiger partial charge in [0.05, 0.1) is 5.41 Å². The first kappa shape index (κ1) is 13.1. The molecule has 0 aromatic carbocycles. The first-order valence-electron chi connectivity index (χ1n) is 6.53. The van der Waals surface area contributed by atoms with Crippen LogP contribution in [0.5, 0.6) is 0 Å². The highest BCUT2D eigenvalue weighted by Crippen LogP contribution is 2.28. The molecule has 1 unspecified atom stereocenters. The Labute approximate surface area is 108 Å². The summed E-state index contributed by atoms with van der Waals surface area (Å²) in [5.74, 6) is 0.535. The van der Waals surface area contributed by atoms with E-state index in [0.717, 1.165) is 31.6 Å². The Morgan fingerprint density at radius 2 is 2.44 bits per heavy atom. The molecule has 0 radical (unpaired) electrons. The molecule has 1 saturated heterocycles. The van der Waals surface area contributed by atoms with E-state index in [0.29, 0.717) is 12.5 Å². The molecule has 18 heavy (non-hydrogen) atoms. The van der Waals surface area contributed by atoms with Crippen molar-refractivity contribution in [2.24, 2.45) is 11.1 Å². The van der Waals surface area contributed by atoms with Crippen LogP contribution in [0.15, 0.2) is 12.3 Å². The SMILES string of the molecule is CC(C)(CN)C(=O)N1CCCC(c2ccn[nH]2)C1. The predicted octanol–water partition coefficient (Wildman–Crippen LogP) is 1.10. The number of piperidine rings is 1. The monoisotopic (exact) mass is 250 g/mol. The number of carbonyl (C=O) groups excluding carboxylic acids is 1. The van der Waals surface area contributed by atoms with Crippen LogP contribution in [0.25, 0.3) is 0 Å². The maximum absolute atomic E-state index is 12.4. The molecule has 1 fully saturated rings. The zero-order chi connectivity index (χ0) is 13.2. The van der Waals surface area contributed by atoms with Gasteiger partial charge in [-0.05, 0) is 32.8 Å². The molecule has 1 aliphatic rings. The van der Waals surface area contributed by atoms with Gasteiger partial charge in [0.1, 0.15) is 0 Å². The van der Waals surface area contributed by atoms with Crippen molar-refractivity contribution in [3.63, 3.8) is 0 Å². The molecule has 1 aliphatic heterocycles. The fourth-order valence-electron chi connectivity index (χ4n) is 2.42. The molecule has 1 amide bonds. The highest BCUT2D eigenvalue weighted by atomic mass is 16.2. The van der Waals surface area contributed by atoms with Crippen LogP contribution >= 0.6 is 0 Å². The number of amides is 1. The summed E-state index contributed by atoms with van der Waals surface area (Å²) in [7, 11) is 0. The number of hydrogen-bond donors (Lipinski definition) is 2. The zero-order valence-corrected chi connectivity index (χ0v) is 11.1. The van der Waals surface area contributed by atoms with E-state index in [1.54, 1.807) is 6.20 Å². The van der Waals surface area contributed by atoms with Gasteiger partial charge in [-0.1, -0.05) is 0 Å². The lowest BCUT2D eigenvalue weighted by molar-refractivity contribution is -0.141. The summed E-state index contributed by atoms with van der Waals surface area (Å²) >= 11 is 0. The van der Waals surface area contributed by atoms with E-state index in [9.17, 15) is 4.79 Å². The van der Waals surface area contributed by atoms with Gasteiger partial charge < -0.3 is 10.6 Å². The fourth-order valence-corrected chi connectivity index (χ4v) is 2.42. The van der Waals surface area contributed by atoms with Gasteiger partial charge >= 0.3 is 0 Å². The van der Waals surface area contributed by atoms with Crippen molar-refractivity contribution in [2.45, 2.75) is 32.6 Å². The topological polar surface area (TPSA) is 75.0 Å². The molecule has 0 saturated carbocycles. The first-order valence-corrected chi connectivity index (χ1v) is 6.53. The minimum absolute atomic E-state index is 0.161. The Bertz CT molecular complexity index is 399. The van der Waals surface area contributed by atoms with Gasteiger partial charge in [-0.25, -0.2) is 0 Å². The molecule has 5 nitrogen and oxygen atoms in total. The summed E-state index contributed by atoms with van der Waals surface area (Å²) in [6.07, 6.45) is 3.91. The van der Waals surface area contributed by atoms with Crippen molar-refractivity contribution >= 4 is 5.91 Å². The van der Waals surface area contributed by atoms with Crippen molar-refractivity contribution in [1.29, 1.82) is 0 Å². The lowest BCUT2D eigenvalue weighted by Gasteiger charge is -2.37. The number of aromatic nitrogens is 2.